The molecule has 0 aromatic rings. The lowest BCUT2D eigenvalue weighted by Crippen LogP contribution is -2.48. The Kier molecular flexibility index (Phi) is 5.65. The van der Waals surface area contributed by atoms with Gasteiger partial charge in [-0.3, -0.25) is 9.59 Å². The van der Waals surface area contributed by atoms with Crippen molar-refractivity contribution >= 4 is 11.8 Å². The van der Waals surface area contributed by atoms with Crippen LogP contribution in [0, 0.1) is 17.8 Å². The molecule has 2 amide bonds. The van der Waals surface area contributed by atoms with Gasteiger partial charge < -0.3 is 10.2 Å². The minimum atomic E-state index is -0.235. The maximum absolute atomic E-state index is 12.4. The van der Waals surface area contributed by atoms with Gasteiger partial charge in [-0.2, -0.15) is 0 Å². The maximum Gasteiger partial charge on any atom is 0.242 e. The number of hydrogen-bond acceptors (Lipinski definition) is 2. The molecule has 1 heterocycles. The third kappa shape index (κ3) is 4.21. The zero-order valence-corrected chi connectivity index (χ0v) is 13.7. The van der Waals surface area contributed by atoms with Crippen LogP contribution in [0.1, 0.15) is 59.3 Å². The molecule has 1 saturated carbocycles. The van der Waals surface area contributed by atoms with Gasteiger partial charge in [-0.15, -0.1) is 0 Å². The summed E-state index contributed by atoms with van der Waals surface area (Å²) in [5, 5.41) is 3.11. The standard InChI is InChI=1S/C17H30N2O2/c1-12(2)17(21)19-9-5-8-15(19)16(20)18-11-14-7-4-6-13(3)10-14/h12-15H,4-11H2,1-3H3,(H,18,20). The smallest absolute Gasteiger partial charge is 0.242 e. The fourth-order valence-corrected chi connectivity index (χ4v) is 3.74. The van der Waals surface area contributed by atoms with E-state index in [4.69, 9.17) is 0 Å². The van der Waals surface area contributed by atoms with E-state index >= 15 is 0 Å². The van der Waals surface area contributed by atoms with Gasteiger partial charge in [0.15, 0.2) is 0 Å². The molecule has 3 atom stereocenters. The molecule has 4 heteroatoms. The summed E-state index contributed by atoms with van der Waals surface area (Å²) in [4.78, 5) is 26.3. The van der Waals surface area contributed by atoms with Gasteiger partial charge in [0.2, 0.25) is 11.8 Å². The second kappa shape index (κ2) is 7.28. The molecule has 1 aliphatic carbocycles. The van der Waals surface area contributed by atoms with Gasteiger partial charge in [0, 0.05) is 19.0 Å². The molecule has 0 aromatic carbocycles. The van der Waals surface area contributed by atoms with Gasteiger partial charge in [-0.1, -0.05) is 33.6 Å². The minimum Gasteiger partial charge on any atom is -0.354 e. The van der Waals surface area contributed by atoms with Crippen LogP contribution in [0.15, 0.2) is 0 Å². The Labute approximate surface area is 128 Å². The van der Waals surface area contributed by atoms with Crippen molar-refractivity contribution in [3.63, 3.8) is 0 Å². The van der Waals surface area contributed by atoms with Crippen molar-refractivity contribution in [1.29, 1.82) is 0 Å². The van der Waals surface area contributed by atoms with Gasteiger partial charge >= 0.3 is 0 Å². The molecule has 2 fully saturated rings. The molecule has 1 saturated heterocycles. The van der Waals surface area contributed by atoms with Gasteiger partial charge in [0.1, 0.15) is 6.04 Å². The first-order valence-corrected chi connectivity index (χ1v) is 8.57. The first-order valence-electron chi connectivity index (χ1n) is 8.57. The summed E-state index contributed by atoms with van der Waals surface area (Å²) in [6.45, 7) is 7.62. The maximum atomic E-state index is 12.4. The molecule has 21 heavy (non-hydrogen) atoms. The summed E-state index contributed by atoms with van der Waals surface area (Å²) in [6, 6.07) is -0.235. The van der Waals surface area contributed by atoms with Crippen molar-refractivity contribution in [2.24, 2.45) is 17.8 Å². The molecule has 3 unspecified atom stereocenters. The number of carbonyl (C=O) groups excluding carboxylic acids is 2. The Balaban J connectivity index is 1.83. The van der Waals surface area contributed by atoms with Crippen LogP contribution in [0.5, 0.6) is 0 Å². The Hall–Kier alpha value is -1.06. The highest BCUT2D eigenvalue weighted by Gasteiger charge is 2.35. The SMILES string of the molecule is CC1CCCC(CNC(=O)C2CCCN2C(=O)C(C)C)C1. The number of likely N-dealkylation sites (tertiary alicyclic amines) is 1. The number of nitrogens with zero attached hydrogens (tertiary/aromatic N) is 1. The molecule has 1 N–H and O–H groups in total. The predicted molar refractivity (Wildman–Crippen MR) is 83.7 cm³/mol. The second-order valence-corrected chi connectivity index (χ2v) is 7.23. The molecule has 120 valence electrons. The van der Waals surface area contributed by atoms with Gasteiger partial charge in [-0.05, 0) is 37.5 Å². The zero-order valence-electron chi connectivity index (χ0n) is 13.7. The molecular formula is C17H30N2O2. The van der Waals surface area contributed by atoms with Crippen LogP contribution < -0.4 is 5.32 Å². The van der Waals surface area contributed by atoms with E-state index in [0.29, 0.717) is 5.92 Å². The Bertz CT molecular complexity index is 381. The molecule has 0 bridgehead atoms. The Morgan fingerprint density at radius 2 is 1.95 bits per heavy atom. The first kappa shape index (κ1) is 16.3. The third-order valence-corrected chi connectivity index (χ3v) is 4.94. The topological polar surface area (TPSA) is 49.4 Å². The molecule has 1 aliphatic heterocycles. The number of carbonyl (C=O) groups is 2. The fraction of sp³-hybridized carbons (Fsp3) is 0.882. The van der Waals surface area contributed by atoms with Crippen LogP contribution in [0.25, 0.3) is 0 Å². The number of hydrogen-bond donors (Lipinski definition) is 1. The Morgan fingerprint density at radius 3 is 2.62 bits per heavy atom. The summed E-state index contributed by atoms with van der Waals surface area (Å²) in [5.74, 6) is 1.54. The summed E-state index contributed by atoms with van der Waals surface area (Å²) in [5.41, 5.74) is 0. The van der Waals surface area contributed by atoms with E-state index in [1.54, 1.807) is 4.90 Å². The van der Waals surface area contributed by atoms with Crippen molar-refractivity contribution in [3.8, 4) is 0 Å². The number of nitrogens with one attached hydrogen (secondary N) is 1. The van der Waals surface area contributed by atoms with Crippen molar-refractivity contribution in [1.82, 2.24) is 10.2 Å². The van der Waals surface area contributed by atoms with Crippen LogP contribution in [0.3, 0.4) is 0 Å². The first-order chi connectivity index (χ1) is 9.99. The Morgan fingerprint density at radius 1 is 1.19 bits per heavy atom. The van der Waals surface area contributed by atoms with Gasteiger partial charge in [0.25, 0.3) is 0 Å². The van der Waals surface area contributed by atoms with Crippen LogP contribution in [0.4, 0.5) is 0 Å². The van der Waals surface area contributed by atoms with Crippen LogP contribution in [0.2, 0.25) is 0 Å². The molecule has 0 spiro atoms. The lowest BCUT2D eigenvalue weighted by Gasteiger charge is -2.29. The third-order valence-electron chi connectivity index (χ3n) is 4.94. The molecule has 4 nitrogen and oxygen atoms in total. The number of rotatable bonds is 4. The minimum absolute atomic E-state index is 0.0300. The average Bonchev–Trinajstić information content (AvgIpc) is 2.93. The predicted octanol–water partition coefficient (Wildman–Crippen LogP) is 2.58. The number of amides is 2. The van der Waals surface area contributed by atoms with Crippen LogP contribution >= 0.6 is 0 Å². The normalized spacial score (nSPS) is 29.7. The fourth-order valence-electron chi connectivity index (χ4n) is 3.74. The van der Waals surface area contributed by atoms with E-state index in [9.17, 15) is 9.59 Å². The monoisotopic (exact) mass is 294 g/mol. The van der Waals surface area contributed by atoms with Crippen molar-refractivity contribution in [3.05, 3.63) is 0 Å². The van der Waals surface area contributed by atoms with Crippen molar-refractivity contribution in [2.75, 3.05) is 13.1 Å². The highest BCUT2D eigenvalue weighted by atomic mass is 16.2. The van der Waals surface area contributed by atoms with E-state index in [1.807, 2.05) is 13.8 Å². The second-order valence-electron chi connectivity index (χ2n) is 7.23. The van der Waals surface area contributed by atoms with E-state index in [2.05, 4.69) is 12.2 Å². The molecule has 2 aliphatic rings. The quantitative estimate of drug-likeness (QED) is 0.866. The molecular weight excluding hydrogens is 264 g/mol. The van der Waals surface area contributed by atoms with Crippen molar-refractivity contribution in [2.45, 2.75) is 65.3 Å². The van der Waals surface area contributed by atoms with E-state index in [-0.39, 0.29) is 23.8 Å². The molecule has 2 rings (SSSR count). The molecule has 0 radical (unpaired) electrons. The van der Waals surface area contributed by atoms with Crippen LogP contribution in [-0.4, -0.2) is 35.8 Å². The van der Waals surface area contributed by atoms with Crippen molar-refractivity contribution < 1.29 is 9.59 Å². The van der Waals surface area contributed by atoms with Crippen LogP contribution in [-0.2, 0) is 9.59 Å². The summed E-state index contributed by atoms with van der Waals surface area (Å²) >= 11 is 0. The zero-order chi connectivity index (χ0) is 15.4. The lowest BCUT2D eigenvalue weighted by atomic mass is 9.82. The summed E-state index contributed by atoms with van der Waals surface area (Å²) in [6.07, 6.45) is 6.80. The van der Waals surface area contributed by atoms with E-state index in [1.165, 1.54) is 25.7 Å². The highest BCUT2D eigenvalue weighted by Crippen LogP contribution is 2.28. The summed E-state index contributed by atoms with van der Waals surface area (Å²) in [7, 11) is 0. The largest absolute Gasteiger partial charge is 0.354 e. The van der Waals surface area contributed by atoms with Gasteiger partial charge in [-0.25, -0.2) is 0 Å². The van der Waals surface area contributed by atoms with Gasteiger partial charge in [0.05, 0.1) is 0 Å². The lowest BCUT2D eigenvalue weighted by molar-refractivity contribution is -0.140. The van der Waals surface area contributed by atoms with E-state index in [0.717, 1.165) is 31.8 Å². The highest BCUT2D eigenvalue weighted by molar-refractivity contribution is 5.88. The van der Waals surface area contributed by atoms with E-state index < -0.39 is 0 Å². The summed E-state index contributed by atoms with van der Waals surface area (Å²) < 4.78 is 0. The average molecular weight is 294 g/mol. The molecule has 0 aromatic heterocycles.